The molecule has 8 nitrogen and oxygen atoms in total. The minimum absolute atomic E-state index is 0.0150. The number of rotatable bonds is 10. The summed E-state index contributed by atoms with van der Waals surface area (Å²) in [7, 11) is -2.23. The van der Waals surface area contributed by atoms with E-state index in [9.17, 15) is 19.2 Å². The summed E-state index contributed by atoms with van der Waals surface area (Å²) in [6.07, 6.45) is 0.0150. The smallest absolute Gasteiger partial charge is 0.235 e. The normalized spacial score (nSPS) is 13.1. The highest BCUT2D eigenvalue weighted by molar-refractivity contribution is 8.01. The third-order valence-electron chi connectivity index (χ3n) is 5.21. The summed E-state index contributed by atoms with van der Waals surface area (Å²) in [6.45, 7) is 11.3. The number of nitrogens with two attached hydrogens (primary N) is 1. The van der Waals surface area contributed by atoms with Gasteiger partial charge in [-0.1, -0.05) is 39.8 Å². The third kappa shape index (κ3) is 6.68. The highest BCUT2D eigenvalue weighted by atomic mass is 32.3. The van der Waals surface area contributed by atoms with Crippen molar-refractivity contribution >= 4 is 27.5 Å². The fourth-order valence-corrected chi connectivity index (χ4v) is 6.48. The molecule has 1 amide bonds. The van der Waals surface area contributed by atoms with E-state index >= 15 is 0 Å². The zero-order chi connectivity index (χ0) is 25.1. The molecule has 0 fully saturated rings. The molecule has 2 rings (SSSR count). The second kappa shape index (κ2) is 10.7. The van der Waals surface area contributed by atoms with Gasteiger partial charge >= 0.3 is 0 Å². The summed E-state index contributed by atoms with van der Waals surface area (Å²) >= 11 is 0.932. The van der Waals surface area contributed by atoms with Crippen molar-refractivity contribution in [3.8, 4) is 0 Å². The van der Waals surface area contributed by atoms with Crippen molar-refractivity contribution in [2.24, 2.45) is 5.14 Å². The van der Waals surface area contributed by atoms with E-state index < -0.39 is 28.4 Å². The van der Waals surface area contributed by atoms with E-state index in [1.165, 1.54) is 13.8 Å². The number of thiol groups is 1. The minimum atomic E-state index is -3.87. The van der Waals surface area contributed by atoms with Crippen LogP contribution in [0, 0.1) is 0 Å². The Kier molecular flexibility index (Phi) is 8.94. The lowest BCUT2D eigenvalue weighted by atomic mass is 9.85. The molecular weight excluding hydrogens is 462 g/mol. The molecule has 0 bridgehead atoms. The third-order valence-corrected chi connectivity index (χ3v) is 8.96. The maximum atomic E-state index is 13.3. The van der Waals surface area contributed by atoms with Crippen LogP contribution in [0.15, 0.2) is 16.3 Å². The number of nitrogens with zero attached hydrogens (tertiary/aromatic N) is 1. The topological polar surface area (TPSA) is 135 Å². The average Bonchev–Trinajstić information content (AvgIpc) is 3.14. The van der Waals surface area contributed by atoms with Crippen LogP contribution in [0.4, 0.5) is 0 Å². The van der Waals surface area contributed by atoms with E-state index in [4.69, 9.17) is 9.88 Å². The number of hydrogen-bond donors (Lipinski definition) is 5. The van der Waals surface area contributed by atoms with Crippen LogP contribution >= 0.6 is 11.3 Å². The van der Waals surface area contributed by atoms with Crippen LogP contribution in [0.1, 0.15) is 86.3 Å². The van der Waals surface area contributed by atoms with Gasteiger partial charge in [-0.2, -0.15) is 0 Å². The molecule has 1 aromatic carbocycles. The molecule has 0 aliphatic rings. The van der Waals surface area contributed by atoms with Gasteiger partial charge in [0.2, 0.25) is 5.91 Å². The van der Waals surface area contributed by atoms with E-state index in [-0.39, 0.29) is 33.2 Å². The van der Waals surface area contributed by atoms with Crippen LogP contribution in [0.5, 0.6) is 0 Å². The lowest BCUT2D eigenvalue weighted by Crippen LogP contribution is -2.43. The number of thiazole rings is 1. The highest BCUT2D eigenvalue weighted by Crippen LogP contribution is 2.33. The Morgan fingerprint density at radius 1 is 1.24 bits per heavy atom. The van der Waals surface area contributed by atoms with Gasteiger partial charge in [-0.25, -0.2) is 9.19 Å². The number of amides is 1. The Hall–Kier alpha value is -1.69. The molecule has 2 aromatic rings. The fraction of sp³-hybridized carbons (Fsp3) is 0.565. The van der Waals surface area contributed by atoms with Crippen LogP contribution < -0.4 is 9.86 Å². The second-order valence-corrected chi connectivity index (χ2v) is 12.6. The van der Waals surface area contributed by atoms with E-state index in [1.54, 1.807) is 7.11 Å². The Morgan fingerprint density at radius 3 is 2.21 bits per heavy atom. The van der Waals surface area contributed by atoms with Crippen molar-refractivity contribution in [2.75, 3.05) is 7.11 Å². The quantitative estimate of drug-likeness (QED) is 0.319. The summed E-state index contributed by atoms with van der Waals surface area (Å²) in [5.41, 5.74) is 2.80. The van der Waals surface area contributed by atoms with Gasteiger partial charge in [0.25, 0.3) is 0 Å². The van der Waals surface area contributed by atoms with Crippen LogP contribution in [-0.4, -0.2) is 32.4 Å². The van der Waals surface area contributed by atoms with Gasteiger partial charge in [0.1, 0.15) is 14.8 Å². The Balaban J connectivity index is 2.41. The largest absolute Gasteiger partial charge is 0.390 e. The number of aromatic nitrogens is 1. The van der Waals surface area contributed by atoms with Crippen molar-refractivity contribution in [2.45, 2.75) is 82.8 Å². The van der Waals surface area contributed by atoms with E-state index in [0.717, 1.165) is 33.6 Å². The van der Waals surface area contributed by atoms with Crippen molar-refractivity contribution < 1.29 is 24.0 Å². The molecule has 1 aromatic heterocycles. The lowest BCUT2D eigenvalue weighted by Gasteiger charge is -2.24. The van der Waals surface area contributed by atoms with Gasteiger partial charge in [-0.3, -0.25) is 14.7 Å². The van der Waals surface area contributed by atoms with Crippen LogP contribution in [0.2, 0.25) is 0 Å². The Morgan fingerprint density at radius 2 is 1.79 bits per heavy atom. The van der Waals surface area contributed by atoms with Gasteiger partial charge in [0.15, 0.2) is 0 Å². The van der Waals surface area contributed by atoms with Crippen LogP contribution in [0.3, 0.4) is 0 Å². The number of hydrogen-bond acceptors (Lipinski definition) is 7. The first-order valence-electron chi connectivity index (χ1n) is 10.9. The van der Waals surface area contributed by atoms with Gasteiger partial charge in [0.05, 0.1) is 25.3 Å². The molecule has 10 heteroatoms. The predicted octanol–water partition coefficient (Wildman–Crippen LogP) is 2.78. The number of aliphatic hydroxyl groups excluding tert-OH is 1. The zero-order valence-electron chi connectivity index (χ0n) is 20.4. The van der Waals surface area contributed by atoms with Gasteiger partial charge < -0.3 is 14.9 Å². The van der Waals surface area contributed by atoms with Gasteiger partial charge in [0, 0.05) is 17.4 Å². The maximum Gasteiger partial charge on any atom is 0.235 e. The molecule has 33 heavy (non-hydrogen) atoms. The van der Waals surface area contributed by atoms with Crippen LogP contribution in [0.25, 0.3) is 0 Å². The van der Waals surface area contributed by atoms with Crippen molar-refractivity contribution in [3.63, 3.8) is 0 Å². The highest BCUT2D eigenvalue weighted by Gasteiger charge is 2.29. The maximum absolute atomic E-state index is 13.3. The summed E-state index contributed by atoms with van der Waals surface area (Å²) in [6, 6.07) is 4.10. The van der Waals surface area contributed by atoms with Gasteiger partial charge in [-0.15, -0.1) is 11.3 Å². The van der Waals surface area contributed by atoms with E-state index in [1.807, 2.05) is 12.1 Å². The number of carbonyl (C=O) groups excluding carboxylic acids is 1. The number of benzene rings is 1. The van der Waals surface area contributed by atoms with Gasteiger partial charge in [-0.05, 0) is 47.9 Å². The standard InChI is InChI=1S/C23H37N3O5S2/c1-13(2)16-8-15(12-31-7)9-17(14(3)4)18(16)10-20(28)26-33(24,30)21-19(11-27)25-22(32-21)23(5,6)29/h8-9,13-14,27,29,33H,10-12H2,1-7H3,(H3,24,26,28,30). The Bertz CT molecular complexity index is 1010. The predicted molar refractivity (Wildman–Crippen MR) is 132 cm³/mol. The molecule has 0 aliphatic carbocycles. The molecular formula is C23H37N3O5S2. The molecule has 0 unspecified atom stereocenters. The molecule has 1 heterocycles. The van der Waals surface area contributed by atoms with Crippen LogP contribution in [-0.2, 0) is 45.1 Å². The van der Waals surface area contributed by atoms with E-state index in [0.29, 0.717) is 6.61 Å². The summed E-state index contributed by atoms with van der Waals surface area (Å²) in [5, 5.41) is 26.2. The number of methoxy groups -OCH3 is 1. The second-order valence-electron chi connectivity index (χ2n) is 9.35. The molecule has 0 radical (unpaired) electrons. The van der Waals surface area contributed by atoms with Crippen molar-refractivity contribution in [3.05, 3.63) is 45.1 Å². The summed E-state index contributed by atoms with van der Waals surface area (Å²) in [4.78, 5) is 17.2. The first kappa shape index (κ1) is 27.6. The molecule has 0 aliphatic heterocycles. The number of aliphatic hydroxyl groups is 2. The fourth-order valence-electron chi connectivity index (χ4n) is 3.67. The molecule has 5 N–H and O–H groups in total. The summed E-state index contributed by atoms with van der Waals surface area (Å²) < 4.78 is 21.2. The van der Waals surface area contributed by atoms with Crippen molar-refractivity contribution in [1.82, 2.24) is 9.71 Å². The first-order chi connectivity index (χ1) is 15.2. The number of nitrogens with one attached hydrogen (secondary N) is 1. The molecule has 0 saturated heterocycles. The average molecular weight is 500 g/mol. The SMILES string of the molecule is COCc1cc(C(C)C)c(CC(=O)N[SH](N)(=O)c2sc(C(C)(C)O)nc2CO)c(C(C)C)c1. The number of ether oxygens (including phenoxy) is 1. The number of carbonyl (C=O) groups is 1. The monoisotopic (exact) mass is 499 g/mol. The molecule has 0 saturated carbocycles. The minimum Gasteiger partial charge on any atom is -0.390 e. The molecule has 0 spiro atoms. The Labute approximate surface area is 201 Å². The lowest BCUT2D eigenvalue weighted by molar-refractivity contribution is -0.118. The summed E-state index contributed by atoms with van der Waals surface area (Å²) in [5.74, 6) is -0.140. The molecule has 186 valence electrons. The molecule has 0 atom stereocenters. The van der Waals surface area contributed by atoms with E-state index in [2.05, 4.69) is 37.4 Å². The first-order valence-corrected chi connectivity index (χ1v) is 13.5. The van der Waals surface area contributed by atoms with Crippen molar-refractivity contribution in [1.29, 1.82) is 0 Å². The zero-order valence-corrected chi connectivity index (χ0v) is 22.1.